The summed E-state index contributed by atoms with van der Waals surface area (Å²) in [5.74, 6) is -1.74. The largest absolute Gasteiger partial charge is 0.495 e. The van der Waals surface area contributed by atoms with Crippen molar-refractivity contribution in [1.29, 1.82) is 0 Å². The number of carbonyl (C=O) groups excluding carboxylic acids is 3. The Labute approximate surface area is 273 Å². The average molecular weight is 633 g/mol. The van der Waals surface area contributed by atoms with E-state index >= 15 is 0 Å². The van der Waals surface area contributed by atoms with Gasteiger partial charge in [-0.15, -0.1) is 0 Å². The maximum Gasteiger partial charge on any atom is 0.326 e. The summed E-state index contributed by atoms with van der Waals surface area (Å²) in [6.45, 7) is 1.16. The summed E-state index contributed by atoms with van der Waals surface area (Å²) in [7, 11) is 1.52. The van der Waals surface area contributed by atoms with Gasteiger partial charge in [0, 0.05) is 48.9 Å². The van der Waals surface area contributed by atoms with E-state index in [1.807, 2.05) is 54.6 Å². The third-order valence-corrected chi connectivity index (χ3v) is 8.81. The van der Waals surface area contributed by atoms with Gasteiger partial charge in [0.1, 0.15) is 5.75 Å². The molecule has 3 amide bonds. The SMILES string of the molecule is COc1cc(CC(=O)CNc2ccc(C3CN(C(=O)c4ccccc4)CC3C(=O)O)cc2)ccc1NC(=O)N1CCc2ccccc21. The van der Waals surface area contributed by atoms with Crippen molar-refractivity contribution in [3.8, 4) is 5.75 Å². The van der Waals surface area contributed by atoms with Crippen LogP contribution >= 0.6 is 0 Å². The summed E-state index contributed by atoms with van der Waals surface area (Å²) in [4.78, 5) is 54.2. The van der Waals surface area contributed by atoms with Gasteiger partial charge in [-0.1, -0.05) is 54.6 Å². The number of carboxylic acids is 1. The molecule has 4 aromatic rings. The first-order chi connectivity index (χ1) is 22.8. The van der Waals surface area contributed by atoms with Crippen LogP contribution in [0.2, 0.25) is 0 Å². The van der Waals surface area contributed by atoms with Crippen molar-refractivity contribution >= 4 is 40.8 Å². The van der Waals surface area contributed by atoms with E-state index in [0.717, 1.165) is 34.5 Å². The zero-order chi connectivity index (χ0) is 32.9. The number of ether oxygens (including phenoxy) is 1. The molecule has 2 aliphatic heterocycles. The van der Waals surface area contributed by atoms with E-state index < -0.39 is 11.9 Å². The van der Waals surface area contributed by atoms with Crippen LogP contribution in [0, 0.1) is 5.92 Å². The van der Waals surface area contributed by atoms with Crippen LogP contribution in [-0.2, 0) is 22.4 Å². The molecule has 0 spiro atoms. The zero-order valence-corrected chi connectivity index (χ0v) is 26.0. The smallest absolute Gasteiger partial charge is 0.326 e. The molecular weight excluding hydrogens is 596 g/mol. The molecule has 0 radical (unpaired) electrons. The lowest BCUT2D eigenvalue weighted by atomic mass is 9.89. The molecule has 3 N–H and O–H groups in total. The molecule has 47 heavy (non-hydrogen) atoms. The molecule has 0 bridgehead atoms. The molecule has 2 aliphatic rings. The number of benzene rings is 4. The molecule has 1 saturated heterocycles. The Morgan fingerprint density at radius 3 is 2.38 bits per heavy atom. The van der Waals surface area contributed by atoms with Crippen LogP contribution in [0.4, 0.5) is 21.9 Å². The second-order valence-electron chi connectivity index (χ2n) is 11.8. The number of methoxy groups -OCH3 is 1. The van der Waals surface area contributed by atoms with Crippen LogP contribution in [0.1, 0.15) is 33.0 Å². The first-order valence-electron chi connectivity index (χ1n) is 15.6. The van der Waals surface area contributed by atoms with Gasteiger partial charge in [0.25, 0.3) is 5.91 Å². The number of para-hydroxylation sites is 1. The normalized spacial score (nSPS) is 16.8. The number of nitrogens with zero attached hydrogens (tertiary/aromatic N) is 2. The lowest BCUT2D eigenvalue weighted by Crippen LogP contribution is -2.33. The Balaban J connectivity index is 1.03. The number of anilines is 3. The summed E-state index contributed by atoms with van der Waals surface area (Å²) in [5.41, 5.74) is 5.40. The molecule has 0 aromatic heterocycles. The number of amides is 3. The first kappa shape index (κ1) is 31.3. The van der Waals surface area contributed by atoms with Crippen molar-refractivity contribution in [3.63, 3.8) is 0 Å². The zero-order valence-electron chi connectivity index (χ0n) is 26.0. The standard InChI is InChI=1S/C37H36N4O6/c1-47-34-20-24(11-16-32(34)39-37(46)41-18-17-26-7-5-6-10-33(26)41)19-29(42)21-38-28-14-12-25(13-15-28)30-22-40(23-31(30)36(44)45)35(43)27-8-3-2-4-9-27/h2-16,20,30-31,38H,17-19,21-23H2,1H3,(H,39,46)(H,44,45). The molecule has 240 valence electrons. The minimum atomic E-state index is -0.935. The topological polar surface area (TPSA) is 128 Å². The highest BCUT2D eigenvalue weighted by molar-refractivity contribution is 6.04. The van der Waals surface area contributed by atoms with Gasteiger partial charge in [0.05, 0.1) is 25.3 Å². The van der Waals surface area contributed by atoms with Crippen molar-refractivity contribution in [3.05, 3.63) is 119 Å². The summed E-state index contributed by atoms with van der Waals surface area (Å²) in [5, 5.41) is 16.0. The van der Waals surface area contributed by atoms with Crippen molar-refractivity contribution in [2.75, 3.05) is 48.8 Å². The highest BCUT2D eigenvalue weighted by Gasteiger charge is 2.40. The van der Waals surface area contributed by atoms with Crippen molar-refractivity contribution in [2.24, 2.45) is 5.92 Å². The fraction of sp³-hybridized carbons (Fsp3) is 0.243. The number of hydrogen-bond donors (Lipinski definition) is 3. The van der Waals surface area contributed by atoms with Crippen LogP contribution < -0.4 is 20.3 Å². The lowest BCUT2D eigenvalue weighted by molar-refractivity contribution is -0.141. The Bertz CT molecular complexity index is 1790. The van der Waals surface area contributed by atoms with Gasteiger partial charge < -0.3 is 25.4 Å². The predicted octanol–water partition coefficient (Wildman–Crippen LogP) is 5.45. The number of nitrogens with one attached hydrogen (secondary N) is 2. The van der Waals surface area contributed by atoms with E-state index in [1.165, 1.54) is 7.11 Å². The third-order valence-electron chi connectivity index (χ3n) is 8.81. The van der Waals surface area contributed by atoms with E-state index in [9.17, 15) is 24.3 Å². The summed E-state index contributed by atoms with van der Waals surface area (Å²) < 4.78 is 5.53. The molecule has 10 nitrogen and oxygen atoms in total. The van der Waals surface area contributed by atoms with Gasteiger partial charge in [0.15, 0.2) is 5.78 Å². The number of likely N-dealkylation sites (tertiary alicyclic amines) is 1. The monoisotopic (exact) mass is 632 g/mol. The number of carbonyl (C=O) groups is 4. The number of carboxylic acid groups (broad SMARTS) is 1. The molecule has 2 unspecified atom stereocenters. The fourth-order valence-electron chi connectivity index (χ4n) is 6.34. The molecule has 1 fully saturated rings. The third kappa shape index (κ3) is 6.96. The minimum Gasteiger partial charge on any atom is -0.495 e. The number of rotatable bonds is 10. The molecule has 4 aromatic carbocycles. The van der Waals surface area contributed by atoms with E-state index in [1.54, 1.807) is 52.3 Å². The number of aliphatic carboxylic acids is 1. The van der Waals surface area contributed by atoms with Gasteiger partial charge in [0.2, 0.25) is 0 Å². The number of ketones is 1. The quantitative estimate of drug-likeness (QED) is 0.212. The molecule has 0 saturated carbocycles. The molecule has 0 aliphatic carbocycles. The lowest BCUT2D eigenvalue weighted by Gasteiger charge is -2.19. The van der Waals surface area contributed by atoms with Crippen LogP contribution in [0.5, 0.6) is 5.75 Å². The number of urea groups is 1. The number of Topliss-reactive ketones (excluding diaryl/α,β-unsaturated/α-hetero) is 1. The van der Waals surface area contributed by atoms with Crippen molar-refractivity contribution < 1.29 is 29.0 Å². The summed E-state index contributed by atoms with van der Waals surface area (Å²) in [6, 6.07) is 29.1. The van der Waals surface area contributed by atoms with Gasteiger partial charge in [-0.3, -0.25) is 19.3 Å². The van der Waals surface area contributed by atoms with Crippen molar-refractivity contribution in [2.45, 2.75) is 18.8 Å². The minimum absolute atomic E-state index is 0.0432. The molecule has 6 rings (SSSR count). The second-order valence-corrected chi connectivity index (χ2v) is 11.8. The Kier molecular flexibility index (Phi) is 9.19. The molecule has 2 atom stereocenters. The average Bonchev–Trinajstić information content (AvgIpc) is 3.74. The Morgan fingerprint density at radius 2 is 1.64 bits per heavy atom. The maximum absolute atomic E-state index is 13.0. The highest BCUT2D eigenvalue weighted by atomic mass is 16.5. The van der Waals surface area contributed by atoms with Crippen LogP contribution in [0.15, 0.2) is 97.1 Å². The maximum atomic E-state index is 13.0. The van der Waals surface area contributed by atoms with E-state index in [-0.39, 0.29) is 43.1 Å². The Morgan fingerprint density at radius 1 is 0.894 bits per heavy atom. The predicted molar refractivity (Wildman–Crippen MR) is 179 cm³/mol. The Hall–Kier alpha value is -5.64. The van der Waals surface area contributed by atoms with Crippen LogP contribution in [0.3, 0.4) is 0 Å². The van der Waals surface area contributed by atoms with Crippen molar-refractivity contribution in [1.82, 2.24) is 4.90 Å². The van der Waals surface area contributed by atoms with Gasteiger partial charge >= 0.3 is 12.0 Å². The van der Waals surface area contributed by atoms with E-state index in [2.05, 4.69) is 10.6 Å². The number of fused-ring (bicyclic) bond motifs is 1. The first-order valence-corrected chi connectivity index (χ1v) is 15.6. The molecule has 2 heterocycles. The van der Waals surface area contributed by atoms with E-state index in [0.29, 0.717) is 30.1 Å². The number of hydrogen-bond acceptors (Lipinski definition) is 6. The summed E-state index contributed by atoms with van der Waals surface area (Å²) >= 11 is 0. The van der Waals surface area contributed by atoms with Gasteiger partial charge in [-0.25, -0.2) is 4.79 Å². The van der Waals surface area contributed by atoms with Crippen LogP contribution in [-0.4, -0.2) is 67.0 Å². The van der Waals surface area contributed by atoms with E-state index in [4.69, 9.17) is 4.74 Å². The van der Waals surface area contributed by atoms with Gasteiger partial charge in [-0.2, -0.15) is 0 Å². The summed E-state index contributed by atoms with van der Waals surface area (Å²) in [6.07, 6.45) is 0.977. The van der Waals surface area contributed by atoms with Gasteiger partial charge in [-0.05, 0) is 65.6 Å². The fourth-order valence-corrected chi connectivity index (χ4v) is 6.34. The second kappa shape index (κ2) is 13.8. The van der Waals surface area contributed by atoms with Crippen LogP contribution in [0.25, 0.3) is 0 Å². The molecule has 10 heteroatoms. The highest BCUT2D eigenvalue weighted by Crippen LogP contribution is 2.35. The molecular formula is C37H36N4O6.